The summed E-state index contributed by atoms with van der Waals surface area (Å²) in [4.78, 5) is 21.0. The average Bonchev–Trinajstić information content (AvgIpc) is 2.61. The molecule has 2 aromatic rings. The Kier molecular flexibility index (Phi) is 7.07. The summed E-state index contributed by atoms with van der Waals surface area (Å²) in [7, 11) is 3.74. The fraction of sp³-hybridized carbons (Fsp3) is 0.400. The smallest absolute Gasteiger partial charge is 0.244 e. The molecule has 0 radical (unpaired) electrons. The standard InChI is InChI=1S/C20H26FN3O/c1-4-5-14-24(15-16-10-12-22-13-11-16)20(25)19(23(2)3)17-6-8-18(21)9-7-17/h6-13,19H,4-5,14-15H2,1-3H3/t19-/m1/s1. The monoisotopic (exact) mass is 343 g/mol. The number of rotatable bonds is 8. The third-order valence-corrected chi connectivity index (χ3v) is 4.15. The van der Waals surface area contributed by atoms with Crippen LogP contribution in [0.25, 0.3) is 0 Å². The van der Waals surface area contributed by atoms with Gasteiger partial charge < -0.3 is 4.90 Å². The first-order valence-electron chi connectivity index (χ1n) is 8.62. The number of pyridine rings is 1. The molecule has 1 aromatic heterocycles. The van der Waals surface area contributed by atoms with Crippen molar-refractivity contribution >= 4 is 5.91 Å². The third kappa shape index (κ3) is 5.36. The SMILES string of the molecule is CCCCN(Cc1ccncc1)C(=O)[C@@H](c1ccc(F)cc1)N(C)C. The maximum atomic E-state index is 13.3. The van der Waals surface area contributed by atoms with Crippen molar-refractivity contribution in [2.24, 2.45) is 0 Å². The number of unbranched alkanes of at least 4 members (excludes halogenated alkanes) is 1. The number of amides is 1. The van der Waals surface area contributed by atoms with Crippen LogP contribution in [0.15, 0.2) is 48.8 Å². The van der Waals surface area contributed by atoms with Crippen LogP contribution < -0.4 is 0 Å². The summed E-state index contributed by atoms with van der Waals surface area (Å²) in [5, 5.41) is 0. The van der Waals surface area contributed by atoms with Gasteiger partial charge in [0.25, 0.3) is 0 Å². The van der Waals surface area contributed by atoms with Gasteiger partial charge in [-0.2, -0.15) is 0 Å². The molecule has 1 aromatic carbocycles. The van der Waals surface area contributed by atoms with Crippen LogP contribution >= 0.6 is 0 Å². The second-order valence-electron chi connectivity index (χ2n) is 6.39. The van der Waals surface area contributed by atoms with E-state index in [1.54, 1.807) is 24.5 Å². The number of nitrogens with zero attached hydrogens (tertiary/aromatic N) is 3. The lowest BCUT2D eigenvalue weighted by molar-refractivity contribution is -0.137. The van der Waals surface area contributed by atoms with Crippen molar-refractivity contribution in [3.63, 3.8) is 0 Å². The van der Waals surface area contributed by atoms with E-state index < -0.39 is 6.04 Å². The Morgan fingerprint density at radius 3 is 2.32 bits per heavy atom. The summed E-state index contributed by atoms with van der Waals surface area (Å²) in [5.41, 5.74) is 1.85. The molecule has 5 heteroatoms. The minimum atomic E-state index is -0.431. The number of halogens is 1. The lowest BCUT2D eigenvalue weighted by Crippen LogP contribution is -2.40. The lowest BCUT2D eigenvalue weighted by Gasteiger charge is -2.31. The average molecular weight is 343 g/mol. The van der Waals surface area contributed by atoms with E-state index in [9.17, 15) is 9.18 Å². The van der Waals surface area contributed by atoms with E-state index in [1.807, 2.05) is 36.0 Å². The molecule has 1 atom stereocenters. The van der Waals surface area contributed by atoms with E-state index in [4.69, 9.17) is 0 Å². The summed E-state index contributed by atoms with van der Waals surface area (Å²) in [5.74, 6) is -0.268. The van der Waals surface area contributed by atoms with Crippen LogP contribution in [0.5, 0.6) is 0 Å². The maximum Gasteiger partial charge on any atom is 0.244 e. The normalized spacial score (nSPS) is 12.2. The van der Waals surface area contributed by atoms with E-state index in [2.05, 4.69) is 11.9 Å². The minimum absolute atomic E-state index is 0.0295. The molecular weight excluding hydrogens is 317 g/mol. The maximum absolute atomic E-state index is 13.3. The van der Waals surface area contributed by atoms with Gasteiger partial charge in [0, 0.05) is 25.5 Å². The van der Waals surface area contributed by atoms with Gasteiger partial charge in [-0.05, 0) is 55.9 Å². The van der Waals surface area contributed by atoms with Crippen LogP contribution in [0.3, 0.4) is 0 Å². The molecule has 0 unspecified atom stereocenters. The Morgan fingerprint density at radius 2 is 1.76 bits per heavy atom. The predicted octanol–water partition coefficient (Wildman–Crippen LogP) is 3.65. The van der Waals surface area contributed by atoms with Crippen molar-refractivity contribution in [3.8, 4) is 0 Å². The molecule has 0 aliphatic heterocycles. The molecule has 25 heavy (non-hydrogen) atoms. The van der Waals surface area contributed by atoms with Gasteiger partial charge in [-0.25, -0.2) is 4.39 Å². The number of carbonyl (C=O) groups is 1. The topological polar surface area (TPSA) is 36.4 Å². The van der Waals surface area contributed by atoms with Crippen LogP contribution in [0.4, 0.5) is 4.39 Å². The summed E-state index contributed by atoms with van der Waals surface area (Å²) in [6.07, 6.45) is 5.44. The van der Waals surface area contributed by atoms with Crippen LogP contribution in [-0.2, 0) is 11.3 Å². The second kappa shape index (κ2) is 9.28. The Morgan fingerprint density at radius 1 is 1.12 bits per heavy atom. The van der Waals surface area contributed by atoms with E-state index in [0.29, 0.717) is 13.1 Å². The Hall–Kier alpha value is -2.27. The van der Waals surface area contributed by atoms with Gasteiger partial charge in [0.15, 0.2) is 0 Å². The molecule has 2 rings (SSSR count). The first-order chi connectivity index (χ1) is 12.0. The van der Waals surface area contributed by atoms with E-state index in [1.165, 1.54) is 12.1 Å². The van der Waals surface area contributed by atoms with Crippen LogP contribution in [0, 0.1) is 5.82 Å². The first-order valence-corrected chi connectivity index (χ1v) is 8.62. The van der Waals surface area contributed by atoms with Crippen molar-refractivity contribution < 1.29 is 9.18 Å². The summed E-state index contributed by atoms with van der Waals surface area (Å²) in [6.45, 7) is 3.36. The number of benzene rings is 1. The molecule has 1 amide bonds. The summed E-state index contributed by atoms with van der Waals surface area (Å²) in [6, 6.07) is 9.59. The van der Waals surface area contributed by atoms with Gasteiger partial charge in [-0.1, -0.05) is 25.5 Å². The highest BCUT2D eigenvalue weighted by Gasteiger charge is 2.27. The Balaban J connectivity index is 2.25. The number of hydrogen-bond acceptors (Lipinski definition) is 3. The minimum Gasteiger partial charge on any atom is -0.337 e. The first kappa shape index (κ1) is 19.1. The predicted molar refractivity (Wildman–Crippen MR) is 97.4 cm³/mol. The van der Waals surface area contributed by atoms with Gasteiger partial charge in [-0.3, -0.25) is 14.7 Å². The zero-order valence-electron chi connectivity index (χ0n) is 15.2. The van der Waals surface area contributed by atoms with E-state index in [-0.39, 0.29) is 11.7 Å². The molecule has 0 spiro atoms. The summed E-state index contributed by atoms with van der Waals surface area (Å²) >= 11 is 0. The summed E-state index contributed by atoms with van der Waals surface area (Å²) < 4.78 is 13.3. The van der Waals surface area contributed by atoms with Crippen molar-refractivity contribution in [2.75, 3.05) is 20.6 Å². The zero-order valence-corrected chi connectivity index (χ0v) is 15.2. The molecule has 134 valence electrons. The quantitative estimate of drug-likeness (QED) is 0.734. The number of carbonyl (C=O) groups excluding carboxylic acids is 1. The molecule has 1 heterocycles. The van der Waals surface area contributed by atoms with Gasteiger partial charge in [-0.15, -0.1) is 0 Å². The zero-order chi connectivity index (χ0) is 18.2. The van der Waals surface area contributed by atoms with Crippen LogP contribution in [0.2, 0.25) is 0 Å². The highest BCUT2D eigenvalue weighted by molar-refractivity contribution is 5.83. The van der Waals surface area contributed by atoms with Crippen molar-refractivity contribution in [2.45, 2.75) is 32.4 Å². The number of hydrogen-bond donors (Lipinski definition) is 0. The van der Waals surface area contributed by atoms with Crippen molar-refractivity contribution in [3.05, 3.63) is 65.7 Å². The van der Waals surface area contributed by atoms with Crippen LogP contribution in [-0.4, -0.2) is 41.3 Å². The third-order valence-electron chi connectivity index (χ3n) is 4.15. The van der Waals surface area contributed by atoms with Crippen LogP contribution in [0.1, 0.15) is 36.9 Å². The molecular formula is C20H26FN3O. The molecule has 0 aliphatic rings. The van der Waals surface area contributed by atoms with Crippen molar-refractivity contribution in [1.82, 2.24) is 14.8 Å². The number of likely N-dealkylation sites (N-methyl/N-ethyl adjacent to an activating group) is 1. The van der Waals surface area contributed by atoms with Gasteiger partial charge >= 0.3 is 0 Å². The van der Waals surface area contributed by atoms with Gasteiger partial charge in [0.1, 0.15) is 11.9 Å². The highest BCUT2D eigenvalue weighted by atomic mass is 19.1. The molecule has 0 saturated heterocycles. The van der Waals surface area contributed by atoms with E-state index >= 15 is 0 Å². The molecule has 0 aliphatic carbocycles. The fourth-order valence-electron chi connectivity index (χ4n) is 2.80. The second-order valence-corrected chi connectivity index (χ2v) is 6.39. The molecule has 0 N–H and O–H groups in total. The Labute approximate surface area is 149 Å². The van der Waals surface area contributed by atoms with E-state index in [0.717, 1.165) is 24.0 Å². The molecule has 0 fully saturated rings. The molecule has 0 bridgehead atoms. The fourth-order valence-corrected chi connectivity index (χ4v) is 2.80. The lowest BCUT2D eigenvalue weighted by atomic mass is 10.0. The van der Waals surface area contributed by atoms with Gasteiger partial charge in [0.2, 0.25) is 5.91 Å². The largest absolute Gasteiger partial charge is 0.337 e. The Bertz CT molecular complexity index is 658. The van der Waals surface area contributed by atoms with Gasteiger partial charge in [0.05, 0.1) is 0 Å². The molecule has 0 saturated carbocycles. The highest BCUT2D eigenvalue weighted by Crippen LogP contribution is 2.23. The van der Waals surface area contributed by atoms with Crippen molar-refractivity contribution in [1.29, 1.82) is 0 Å². The molecule has 4 nitrogen and oxygen atoms in total. The number of aromatic nitrogens is 1.